The number of carbonyl (C=O) groups is 2. The fourth-order valence-electron chi connectivity index (χ4n) is 0.848. The molecular weight excluding hydrogens is 324 g/mol. The summed E-state index contributed by atoms with van der Waals surface area (Å²) in [6.45, 7) is 0. The van der Waals surface area contributed by atoms with Gasteiger partial charge in [0.2, 0.25) is 6.17 Å². The Labute approximate surface area is 111 Å². The highest BCUT2D eigenvalue weighted by molar-refractivity contribution is 5.90. The Morgan fingerprint density at radius 3 is 1.81 bits per heavy atom. The number of rotatable bonds is 7. The maximum Gasteiger partial charge on any atom is 0.378 e. The van der Waals surface area contributed by atoms with E-state index in [4.69, 9.17) is 5.11 Å². The van der Waals surface area contributed by atoms with Crippen molar-refractivity contribution >= 4 is 11.9 Å². The zero-order chi connectivity index (χ0) is 17.0. The number of hydrogen-bond acceptors (Lipinski definition) is 3. The molecule has 0 spiro atoms. The lowest BCUT2D eigenvalue weighted by Gasteiger charge is -2.30. The quantitative estimate of drug-likeness (QED) is 0.442. The van der Waals surface area contributed by atoms with Gasteiger partial charge in [0.05, 0.1) is 0 Å². The van der Waals surface area contributed by atoms with Crippen LogP contribution in [0.15, 0.2) is 12.2 Å². The molecule has 0 aliphatic carbocycles. The van der Waals surface area contributed by atoms with Crippen LogP contribution in [0.1, 0.15) is 0 Å². The molecule has 0 aliphatic heterocycles. The monoisotopic (exact) mass is 330 g/mol. The zero-order valence-electron chi connectivity index (χ0n) is 9.58. The van der Waals surface area contributed by atoms with Crippen molar-refractivity contribution in [1.82, 2.24) is 0 Å². The Morgan fingerprint density at radius 1 is 0.952 bits per heavy atom. The van der Waals surface area contributed by atoms with Crippen molar-refractivity contribution in [2.24, 2.45) is 0 Å². The fraction of sp³-hybridized carbons (Fsp3) is 0.556. The Hall–Kier alpha value is -1.88. The van der Waals surface area contributed by atoms with E-state index in [9.17, 15) is 44.7 Å². The van der Waals surface area contributed by atoms with Crippen molar-refractivity contribution < 1.29 is 54.6 Å². The summed E-state index contributed by atoms with van der Waals surface area (Å²) in [5.74, 6) is -16.2. The van der Waals surface area contributed by atoms with Crippen LogP contribution in [0, 0.1) is 0 Å². The Kier molecular flexibility index (Phi) is 6.12. The number of esters is 1. The molecule has 0 fully saturated rings. The van der Waals surface area contributed by atoms with Gasteiger partial charge in [0.25, 0.3) is 6.43 Å². The van der Waals surface area contributed by atoms with Gasteiger partial charge >= 0.3 is 30.1 Å². The second-order valence-corrected chi connectivity index (χ2v) is 3.41. The third-order valence-electron chi connectivity index (χ3n) is 1.88. The van der Waals surface area contributed by atoms with Crippen molar-refractivity contribution in [3.63, 3.8) is 0 Å². The molecule has 0 aromatic rings. The van der Waals surface area contributed by atoms with E-state index in [0.29, 0.717) is 0 Å². The molecule has 0 heterocycles. The third-order valence-corrected chi connectivity index (χ3v) is 1.88. The molecule has 0 saturated heterocycles. The van der Waals surface area contributed by atoms with Gasteiger partial charge in [-0.15, -0.1) is 0 Å². The number of alkyl halides is 8. The molecule has 4 nitrogen and oxygen atoms in total. The molecule has 122 valence electrons. The maximum atomic E-state index is 12.8. The minimum atomic E-state index is -6.17. The third kappa shape index (κ3) is 4.56. The average molecular weight is 330 g/mol. The van der Waals surface area contributed by atoms with Gasteiger partial charge in [-0.1, -0.05) is 0 Å². The lowest BCUT2D eigenvalue weighted by Crippen LogP contribution is -2.56. The van der Waals surface area contributed by atoms with Crippen LogP contribution in [0.2, 0.25) is 0 Å². The average Bonchev–Trinajstić information content (AvgIpc) is 2.34. The molecule has 12 heteroatoms. The van der Waals surface area contributed by atoms with Crippen LogP contribution in [0.4, 0.5) is 35.1 Å². The van der Waals surface area contributed by atoms with Gasteiger partial charge in [-0.05, 0) is 0 Å². The van der Waals surface area contributed by atoms with Gasteiger partial charge in [0, 0.05) is 12.2 Å². The minimum absolute atomic E-state index is 0.00243. The zero-order valence-corrected chi connectivity index (χ0v) is 9.58. The summed E-state index contributed by atoms with van der Waals surface area (Å²) in [6.07, 6.45) is -13.8. The Bertz CT molecular complexity index is 422. The van der Waals surface area contributed by atoms with E-state index in [1.165, 1.54) is 0 Å². The summed E-state index contributed by atoms with van der Waals surface area (Å²) in [4.78, 5) is 20.5. The lowest BCUT2D eigenvalue weighted by atomic mass is 10.1. The van der Waals surface area contributed by atoms with E-state index >= 15 is 0 Å². The normalized spacial score (nSPS) is 16.0. The van der Waals surface area contributed by atoms with Crippen molar-refractivity contribution in [3.05, 3.63) is 12.2 Å². The highest BCUT2D eigenvalue weighted by atomic mass is 19.3. The second kappa shape index (κ2) is 6.72. The molecule has 0 rings (SSSR count). The van der Waals surface area contributed by atoms with Crippen LogP contribution in [-0.4, -0.2) is 47.8 Å². The first-order valence-electron chi connectivity index (χ1n) is 4.77. The van der Waals surface area contributed by atoms with Gasteiger partial charge < -0.3 is 9.84 Å². The predicted octanol–water partition coefficient (Wildman–Crippen LogP) is 2.34. The predicted molar refractivity (Wildman–Crippen MR) is 48.6 cm³/mol. The smallest absolute Gasteiger partial charge is 0.378 e. The van der Waals surface area contributed by atoms with Crippen molar-refractivity contribution in [2.45, 2.75) is 30.8 Å². The number of carboxylic acids is 1. The first-order valence-corrected chi connectivity index (χ1v) is 4.77. The van der Waals surface area contributed by atoms with Gasteiger partial charge in [-0.2, -0.15) is 22.0 Å². The molecule has 0 saturated carbocycles. The molecule has 0 amide bonds. The fourth-order valence-corrected chi connectivity index (χ4v) is 0.848. The van der Waals surface area contributed by atoms with Crippen LogP contribution in [0.5, 0.6) is 0 Å². The Morgan fingerprint density at radius 2 is 1.43 bits per heavy atom. The molecule has 0 radical (unpaired) electrons. The molecule has 2 unspecified atom stereocenters. The summed E-state index contributed by atoms with van der Waals surface area (Å²) in [5.41, 5.74) is 0. The Balaban J connectivity index is 5.06. The number of aliphatic carboxylic acids is 1. The SMILES string of the molecule is O=C(O)C=CC(=O)OC(F)C(F)(F)C(F)(F)C(F)C(F)F. The van der Waals surface area contributed by atoms with E-state index in [2.05, 4.69) is 4.74 Å². The molecule has 1 N–H and O–H groups in total. The number of carbonyl (C=O) groups excluding carboxylic acids is 1. The van der Waals surface area contributed by atoms with Gasteiger partial charge in [0.1, 0.15) is 0 Å². The van der Waals surface area contributed by atoms with Crippen LogP contribution in [-0.2, 0) is 14.3 Å². The summed E-state index contributed by atoms with van der Waals surface area (Å²) in [6, 6.07) is 0. The second-order valence-electron chi connectivity index (χ2n) is 3.41. The van der Waals surface area contributed by atoms with Crippen LogP contribution >= 0.6 is 0 Å². The van der Waals surface area contributed by atoms with E-state index in [1.54, 1.807) is 0 Å². The highest BCUT2D eigenvalue weighted by Gasteiger charge is 2.70. The molecule has 0 aromatic heterocycles. The number of carboxylic acid groups (broad SMARTS) is 1. The summed E-state index contributed by atoms with van der Waals surface area (Å²) in [7, 11) is 0. The lowest BCUT2D eigenvalue weighted by molar-refractivity contribution is -0.312. The minimum Gasteiger partial charge on any atom is -0.478 e. The summed E-state index contributed by atoms with van der Waals surface area (Å²) in [5, 5.41) is 8.03. The van der Waals surface area contributed by atoms with E-state index in [-0.39, 0.29) is 12.2 Å². The molecule has 0 bridgehead atoms. The standard InChI is InChI=1S/C9H6F8O4/c10-5(6(11)12)8(14,15)9(16,17)7(13)21-4(20)2-1-3(18)19/h1-2,5-7H,(H,18,19). The van der Waals surface area contributed by atoms with Crippen LogP contribution < -0.4 is 0 Å². The molecule has 2 atom stereocenters. The maximum absolute atomic E-state index is 12.8. The van der Waals surface area contributed by atoms with Crippen LogP contribution in [0.25, 0.3) is 0 Å². The summed E-state index contributed by atoms with van der Waals surface area (Å²) >= 11 is 0. The molecule has 21 heavy (non-hydrogen) atoms. The first-order chi connectivity index (χ1) is 9.34. The number of ether oxygens (including phenoxy) is 1. The highest BCUT2D eigenvalue weighted by Crippen LogP contribution is 2.44. The van der Waals surface area contributed by atoms with Gasteiger partial charge in [0.15, 0.2) is 0 Å². The van der Waals surface area contributed by atoms with Crippen molar-refractivity contribution in [2.75, 3.05) is 0 Å². The van der Waals surface area contributed by atoms with Crippen molar-refractivity contribution in [3.8, 4) is 0 Å². The van der Waals surface area contributed by atoms with E-state index in [0.717, 1.165) is 0 Å². The topological polar surface area (TPSA) is 63.6 Å². The summed E-state index contributed by atoms with van der Waals surface area (Å²) < 4.78 is 103. The number of hydrogen-bond donors (Lipinski definition) is 1. The largest absolute Gasteiger partial charge is 0.478 e. The number of halogens is 8. The first kappa shape index (κ1) is 19.1. The molecular formula is C9H6F8O4. The molecule has 0 aromatic carbocycles. The molecule has 0 aliphatic rings. The van der Waals surface area contributed by atoms with Gasteiger partial charge in [-0.3, -0.25) is 0 Å². The van der Waals surface area contributed by atoms with E-state index in [1.807, 2.05) is 0 Å². The van der Waals surface area contributed by atoms with E-state index < -0.39 is 42.7 Å². The van der Waals surface area contributed by atoms with Crippen molar-refractivity contribution in [1.29, 1.82) is 0 Å². The van der Waals surface area contributed by atoms with Gasteiger partial charge in [-0.25, -0.2) is 22.8 Å². The van der Waals surface area contributed by atoms with Crippen LogP contribution in [0.3, 0.4) is 0 Å².